The Morgan fingerprint density at radius 1 is 1.05 bits per heavy atom. The summed E-state index contributed by atoms with van der Waals surface area (Å²) in [6.07, 6.45) is 9.71. The van der Waals surface area contributed by atoms with Crippen LogP contribution in [0.4, 0.5) is 0 Å². The van der Waals surface area contributed by atoms with Crippen molar-refractivity contribution < 1.29 is 28.2 Å². The molecule has 2 aliphatic carbocycles. The summed E-state index contributed by atoms with van der Waals surface area (Å²) >= 11 is 6.02. The fourth-order valence-electron chi connectivity index (χ4n) is 6.42. The number of carbonyl (C=O) groups is 2. The van der Waals surface area contributed by atoms with Crippen molar-refractivity contribution >= 4 is 31.9 Å². The number of benzene rings is 1. The van der Waals surface area contributed by atoms with Crippen LogP contribution in [0.3, 0.4) is 0 Å². The largest absolute Gasteiger partial charge is 0.476 e. The van der Waals surface area contributed by atoms with E-state index in [2.05, 4.69) is 65.9 Å². The molecule has 0 saturated carbocycles. The van der Waals surface area contributed by atoms with E-state index < -0.39 is 13.9 Å². The van der Waals surface area contributed by atoms with Crippen molar-refractivity contribution in [2.75, 3.05) is 0 Å². The molecule has 1 heterocycles. The molecular weight excluding hydrogens is 580 g/mol. The fraction of sp³-hybridized carbons (Fsp3) is 0.657. The Morgan fingerprint density at radius 2 is 1.72 bits per heavy atom. The first-order chi connectivity index (χ1) is 19.9. The molecule has 0 aromatic heterocycles. The van der Waals surface area contributed by atoms with Gasteiger partial charge in [0.1, 0.15) is 18.0 Å². The lowest BCUT2D eigenvalue weighted by molar-refractivity contribution is -0.170. The van der Waals surface area contributed by atoms with Crippen LogP contribution in [0.25, 0.3) is 0 Å². The zero-order valence-electron chi connectivity index (χ0n) is 27.4. The Balaban J connectivity index is 1.46. The lowest BCUT2D eigenvalue weighted by Gasteiger charge is -2.44. The molecule has 238 valence electrons. The zero-order valence-corrected chi connectivity index (χ0v) is 29.2. The van der Waals surface area contributed by atoms with Crippen LogP contribution in [0.2, 0.25) is 23.2 Å². The number of hydrogen-bond donors (Lipinski definition) is 0. The molecule has 0 unspecified atom stereocenters. The third-order valence-corrected chi connectivity index (χ3v) is 14.6. The number of allylic oxidation sites excluding steroid dienone is 3. The molecule has 43 heavy (non-hydrogen) atoms. The first-order valence-corrected chi connectivity index (χ1v) is 19.2. The van der Waals surface area contributed by atoms with Crippen molar-refractivity contribution in [3.63, 3.8) is 0 Å². The maximum absolute atomic E-state index is 13.6. The van der Waals surface area contributed by atoms with Gasteiger partial charge < -0.3 is 18.6 Å². The number of carbonyl (C=O) groups excluding carboxylic acids is 2. The van der Waals surface area contributed by atoms with Gasteiger partial charge in [-0.05, 0) is 98.8 Å². The maximum atomic E-state index is 13.6. The summed E-state index contributed by atoms with van der Waals surface area (Å²) in [5.41, 5.74) is 0.0651. The minimum absolute atomic E-state index is 0.0741. The zero-order chi connectivity index (χ0) is 31.7. The van der Waals surface area contributed by atoms with Crippen molar-refractivity contribution in [3.8, 4) is 5.75 Å². The van der Waals surface area contributed by atoms with Crippen molar-refractivity contribution in [2.45, 2.75) is 123 Å². The van der Waals surface area contributed by atoms with Crippen LogP contribution in [0.15, 0.2) is 48.1 Å². The predicted molar refractivity (Wildman–Crippen MR) is 174 cm³/mol. The maximum Gasteiger partial charge on any atom is 0.350 e. The van der Waals surface area contributed by atoms with E-state index in [1.807, 2.05) is 0 Å². The Morgan fingerprint density at radius 3 is 2.37 bits per heavy atom. The standard InChI is InChI=1S/C35H51ClO6Si/c1-22-18-24-11-10-23(2)29(17-16-27-20-28(21-31(37)39-27)42-43(8,9)34(3,4)5)32(24)30(19-22)40-33(38)35(6,7)41-26-14-12-25(36)13-15-26/h10-15,18,22-23,27-30,32H,16-17,19-21H2,1-9H3/t22-,23-,27+,28+,29-,30-,32-/m1/s1. The van der Waals surface area contributed by atoms with Gasteiger partial charge in [0.05, 0.1) is 12.5 Å². The highest BCUT2D eigenvalue weighted by molar-refractivity contribution is 6.74. The first-order valence-electron chi connectivity index (χ1n) is 15.9. The van der Waals surface area contributed by atoms with Crippen LogP contribution >= 0.6 is 11.6 Å². The van der Waals surface area contributed by atoms with Crippen molar-refractivity contribution in [3.05, 3.63) is 53.1 Å². The van der Waals surface area contributed by atoms with Gasteiger partial charge >= 0.3 is 11.9 Å². The number of ether oxygens (including phenoxy) is 3. The van der Waals surface area contributed by atoms with Crippen LogP contribution in [0.5, 0.6) is 5.75 Å². The molecule has 6 nitrogen and oxygen atoms in total. The molecule has 1 aromatic rings. The van der Waals surface area contributed by atoms with Gasteiger partial charge in [-0.2, -0.15) is 0 Å². The fourth-order valence-corrected chi connectivity index (χ4v) is 7.92. The van der Waals surface area contributed by atoms with Gasteiger partial charge in [-0.15, -0.1) is 0 Å². The van der Waals surface area contributed by atoms with E-state index >= 15 is 0 Å². The quantitative estimate of drug-likeness (QED) is 0.201. The molecule has 0 bridgehead atoms. The SMILES string of the molecule is C[C@@H]1C=C2C=C[C@@H](C)[C@@H](CC[C@H]3C[C@H](O[Si](C)(C)C(C)(C)C)CC(=O)O3)[C@@H]2[C@H](OC(=O)C(C)(C)Oc2ccc(Cl)cc2)C1. The summed E-state index contributed by atoms with van der Waals surface area (Å²) in [4.78, 5) is 26.2. The summed E-state index contributed by atoms with van der Waals surface area (Å²) in [6, 6.07) is 6.99. The van der Waals surface area contributed by atoms with Crippen LogP contribution in [0, 0.1) is 23.7 Å². The average molecular weight is 631 g/mol. The molecule has 0 amide bonds. The van der Waals surface area contributed by atoms with Crippen LogP contribution in [0.1, 0.15) is 80.6 Å². The lowest BCUT2D eigenvalue weighted by atomic mass is 9.65. The monoisotopic (exact) mass is 630 g/mol. The highest BCUT2D eigenvalue weighted by atomic mass is 35.5. The van der Waals surface area contributed by atoms with E-state index in [0.29, 0.717) is 23.1 Å². The van der Waals surface area contributed by atoms with Gasteiger partial charge in [-0.3, -0.25) is 4.79 Å². The molecule has 0 spiro atoms. The van der Waals surface area contributed by atoms with Gasteiger partial charge in [0.2, 0.25) is 0 Å². The van der Waals surface area contributed by atoms with E-state index in [1.165, 1.54) is 5.57 Å². The van der Waals surface area contributed by atoms with Crippen LogP contribution in [-0.4, -0.2) is 44.2 Å². The Kier molecular flexibility index (Phi) is 10.3. The van der Waals surface area contributed by atoms with Crippen LogP contribution < -0.4 is 4.74 Å². The molecule has 4 rings (SSSR count). The predicted octanol–water partition coefficient (Wildman–Crippen LogP) is 8.69. The second kappa shape index (κ2) is 13.1. The summed E-state index contributed by atoms with van der Waals surface area (Å²) in [6.45, 7) is 19.0. The minimum atomic E-state index is -2.00. The van der Waals surface area contributed by atoms with E-state index in [1.54, 1.807) is 38.1 Å². The summed E-state index contributed by atoms with van der Waals surface area (Å²) in [7, 11) is -2.00. The molecule has 1 saturated heterocycles. The van der Waals surface area contributed by atoms with Crippen molar-refractivity contribution in [1.82, 2.24) is 0 Å². The van der Waals surface area contributed by atoms with Gasteiger partial charge in [-0.1, -0.05) is 64.4 Å². The van der Waals surface area contributed by atoms with Gasteiger partial charge in [-0.25, -0.2) is 4.79 Å². The third-order valence-electron chi connectivity index (χ3n) is 9.84. The molecule has 0 radical (unpaired) electrons. The second-order valence-corrected chi connectivity index (χ2v) is 20.1. The highest BCUT2D eigenvalue weighted by Gasteiger charge is 2.45. The van der Waals surface area contributed by atoms with Gasteiger partial charge in [0.25, 0.3) is 0 Å². The molecular formula is C35H51ClO6Si. The summed E-state index contributed by atoms with van der Waals surface area (Å²) in [5, 5.41) is 0.686. The first kappa shape index (κ1) is 33.8. The van der Waals surface area contributed by atoms with Crippen molar-refractivity contribution in [2.24, 2.45) is 23.7 Å². The summed E-state index contributed by atoms with van der Waals surface area (Å²) < 4.78 is 24.9. The Hall–Kier alpha value is -2.09. The minimum Gasteiger partial charge on any atom is -0.476 e. The molecule has 1 fully saturated rings. The molecule has 1 aliphatic heterocycles. The molecule has 8 heteroatoms. The van der Waals surface area contributed by atoms with Crippen LogP contribution in [-0.2, 0) is 23.5 Å². The second-order valence-electron chi connectivity index (χ2n) is 14.9. The van der Waals surface area contributed by atoms with E-state index in [0.717, 1.165) is 25.7 Å². The number of cyclic esters (lactones) is 1. The van der Waals surface area contributed by atoms with E-state index in [-0.39, 0.29) is 53.0 Å². The number of hydrogen-bond acceptors (Lipinski definition) is 6. The third kappa shape index (κ3) is 8.34. The smallest absolute Gasteiger partial charge is 0.350 e. The summed E-state index contributed by atoms with van der Waals surface area (Å²) in [5.74, 6) is 0.928. The lowest BCUT2D eigenvalue weighted by Crippen LogP contribution is -2.47. The molecule has 0 N–H and O–H groups in total. The number of rotatable bonds is 9. The van der Waals surface area contributed by atoms with E-state index in [9.17, 15) is 9.59 Å². The number of esters is 2. The van der Waals surface area contributed by atoms with Gasteiger partial charge in [0, 0.05) is 17.4 Å². The molecule has 7 atom stereocenters. The average Bonchev–Trinajstić information content (AvgIpc) is 2.88. The Labute approximate surface area is 264 Å². The van der Waals surface area contributed by atoms with E-state index in [4.69, 9.17) is 30.2 Å². The Bertz CT molecular complexity index is 1210. The topological polar surface area (TPSA) is 71.1 Å². The molecule has 3 aliphatic rings. The number of fused-ring (bicyclic) bond motifs is 1. The molecule has 1 aromatic carbocycles. The highest BCUT2D eigenvalue weighted by Crippen LogP contribution is 2.46. The van der Waals surface area contributed by atoms with Gasteiger partial charge in [0.15, 0.2) is 13.9 Å². The van der Waals surface area contributed by atoms with Crippen molar-refractivity contribution in [1.29, 1.82) is 0 Å². The normalized spacial score (nSPS) is 29.8. The number of halogens is 1.